The lowest BCUT2D eigenvalue weighted by atomic mass is 9.98. The summed E-state index contributed by atoms with van der Waals surface area (Å²) in [5, 5.41) is 18.1. The summed E-state index contributed by atoms with van der Waals surface area (Å²) < 4.78 is 4.78. The van der Waals surface area contributed by atoms with Crippen LogP contribution in [0.5, 0.6) is 0 Å². The molecule has 0 aromatic rings. The molecule has 0 aromatic heterocycles. The van der Waals surface area contributed by atoms with E-state index in [0.29, 0.717) is 6.42 Å². The third-order valence-electron chi connectivity index (χ3n) is 2.79. The summed E-state index contributed by atoms with van der Waals surface area (Å²) in [6.45, 7) is 3.51. The first kappa shape index (κ1) is 18.6. The summed E-state index contributed by atoms with van der Waals surface area (Å²) in [6.07, 6.45) is 7.42. The van der Waals surface area contributed by atoms with Crippen LogP contribution in [0.4, 0.5) is 0 Å². The number of ether oxygens (including phenoxy) is 1. The van der Waals surface area contributed by atoms with Crippen LogP contribution < -0.4 is 0 Å². The van der Waals surface area contributed by atoms with Gasteiger partial charge in [0.1, 0.15) is 6.61 Å². The molecule has 0 aliphatic carbocycles. The van der Waals surface area contributed by atoms with Crippen LogP contribution in [0.3, 0.4) is 0 Å². The van der Waals surface area contributed by atoms with E-state index in [4.69, 9.17) is 14.9 Å². The minimum absolute atomic E-state index is 0.0923. The van der Waals surface area contributed by atoms with Crippen molar-refractivity contribution >= 4 is 11.9 Å². The number of aliphatic hydroxyl groups is 1. The summed E-state index contributed by atoms with van der Waals surface area (Å²) in [5.74, 6) is -2.26. The summed E-state index contributed by atoms with van der Waals surface area (Å²) >= 11 is 0. The van der Waals surface area contributed by atoms with Gasteiger partial charge in [-0.3, -0.25) is 9.59 Å². The van der Waals surface area contributed by atoms with E-state index in [2.05, 4.69) is 13.0 Å². The Balaban J connectivity index is 3.98. The number of carboxylic acids is 1. The van der Waals surface area contributed by atoms with Gasteiger partial charge >= 0.3 is 11.9 Å². The molecular formula is C15H26O5. The van der Waals surface area contributed by atoms with Gasteiger partial charge in [-0.15, -0.1) is 0 Å². The van der Waals surface area contributed by atoms with E-state index in [0.717, 1.165) is 25.7 Å². The quantitative estimate of drug-likeness (QED) is 0.346. The molecule has 0 saturated carbocycles. The predicted octanol–water partition coefficient (Wildman–Crippen LogP) is 2.53. The molecule has 0 radical (unpaired) electrons. The number of carbonyl (C=O) groups is 2. The monoisotopic (exact) mass is 286 g/mol. The Hall–Kier alpha value is -1.36. The topological polar surface area (TPSA) is 83.8 Å². The fourth-order valence-electron chi connectivity index (χ4n) is 1.67. The number of esters is 1. The lowest BCUT2D eigenvalue weighted by molar-refractivity contribution is -0.153. The summed E-state index contributed by atoms with van der Waals surface area (Å²) in [7, 11) is 0. The molecule has 0 amide bonds. The van der Waals surface area contributed by atoms with E-state index < -0.39 is 24.0 Å². The van der Waals surface area contributed by atoms with Crippen molar-refractivity contribution in [2.75, 3.05) is 6.61 Å². The van der Waals surface area contributed by atoms with E-state index in [1.54, 1.807) is 0 Å². The molecule has 5 heteroatoms. The molecule has 0 saturated heterocycles. The van der Waals surface area contributed by atoms with Gasteiger partial charge in [-0.2, -0.15) is 0 Å². The zero-order chi connectivity index (χ0) is 15.4. The van der Waals surface area contributed by atoms with Crippen LogP contribution in [0.15, 0.2) is 12.2 Å². The van der Waals surface area contributed by atoms with Crippen molar-refractivity contribution in [1.82, 2.24) is 0 Å². The summed E-state index contributed by atoms with van der Waals surface area (Å²) in [4.78, 5) is 22.5. The first-order chi connectivity index (χ1) is 9.47. The minimum Gasteiger partial charge on any atom is -0.481 e. The molecule has 5 nitrogen and oxygen atoms in total. The van der Waals surface area contributed by atoms with Gasteiger partial charge in [0.25, 0.3) is 0 Å². The Morgan fingerprint density at radius 3 is 2.45 bits per heavy atom. The first-order valence-electron chi connectivity index (χ1n) is 7.18. The number of hydrogen-bond acceptors (Lipinski definition) is 4. The number of aliphatic hydroxyl groups excluding tert-OH is 1. The van der Waals surface area contributed by atoms with Crippen LogP contribution in [0.1, 0.15) is 52.4 Å². The Labute approximate surface area is 120 Å². The first-order valence-corrected chi connectivity index (χ1v) is 7.18. The molecule has 20 heavy (non-hydrogen) atoms. The lowest BCUT2D eigenvalue weighted by Crippen LogP contribution is -2.22. The molecule has 2 N–H and O–H groups in total. The minimum atomic E-state index is -0.975. The van der Waals surface area contributed by atoms with Crippen LogP contribution >= 0.6 is 0 Å². The average Bonchev–Trinajstić information content (AvgIpc) is 2.38. The maximum absolute atomic E-state index is 11.4. The van der Waals surface area contributed by atoms with E-state index in [-0.39, 0.29) is 13.0 Å². The molecular weight excluding hydrogens is 260 g/mol. The number of carboxylic acid groups (broad SMARTS) is 1. The molecule has 0 bridgehead atoms. The number of carbonyl (C=O) groups excluding carboxylic acids is 1. The molecule has 0 fully saturated rings. The van der Waals surface area contributed by atoms with Crippen molar-refractivity contribution in [2.24, 2.45) is 5.92 Å². The maximum Gasteiger partial charge on any atom is 0.307 e. The molecule has 0 rings (SSSR count). The molecule has 0 spiro atoms. The second-order valence-corrected chi connectivity index (χ2v) is 4.96. The Bertz CT molecular complexity index is 309. The smallest absolute Gasteiger partial charge is 0.307 e. The van der Waals surface area contributed by atoms with E-state index in [1.807, 2.05) is 6.08 Å². The van der Waals surface area contributed by atoms with Gasteiger partial charge in [0.2, 0.25) is 0 Å². The van der Waals surface area contributed by atoms with Crippen molar-refractivity contribution < 1.29 is 24.5 Å². The fourth-order valence-corrected chi connectivity index (χ4v) is 1.67. The van der Waals surface area contributed by atoms with Gasteiger partial charge in [0.15, 0.2) is 0 Å². The number of allylic oxidation sites excluding steroid dienone is 2. The van der Waals surface area contributed by atoms with Crippen molar-refractivity contribution in [1.29, 1.82) is 0 Å². The highest BCUT2D eigenvalue weighted by Gasteiger charge is 2.21. The van der Waals surface area contributed by atoms with Crippen LogP contribution in [0.25, 0.3) is 0 Å². The molecule has 0 aromatic carbocycles. The second kappa shape index (κ2) is 11.5. The Morgan fingerprint density at radius 2 is 1.90 bits per heavy atom. The number of rotatable bonds is 11. The number of hydrogen-bond donors (Lipinski definition) is 2. The molecule has 0 heterocycles. The number of aliphatic carboxylic acids is 1. The highest BCUT2D eigenvalue weighted by atomic mass is 16.5. The zero-order valence-corrected chi connectivity index (χ0v) is 12.4. The molecule has 2 unspecified atom stereocenters. The highest BCUT2D eigenvalue weighted by Crippen LogP contribution is 2.15. The lowest BCUT2D eigenvalue weighted by Gasteiger charge is -2.12. The summed E-state index contributed by atoms with van der Waals surface area (Å²) in [5.41, 5.74) is 0. The predicted molar refractivity (Wildman–Crippen MR) is 76.3 cm³/mol. The van der Waals surface area contributed by atoms with Gasteiger partial charge in [-0.05, 0) is 32.6 Å². The fraction of sp³-hybridized carbons (Fsp3) is 0.733. The van der Waals surface area contributed by atoms with E-state index in [9.17, 15) is 9.59 Å². The Kier molecular flexibility index (Phi) is 10.7. The van der Waals surface area contributed by atoms with Crippen LogP contribution in [-0.2, 0) is 14.3 Å². The van der Waals surface area contributed by atoms with Crippen molar-refractivity contribution in [2.45, 2.75) is 58.5 Å². The normalized spacial score (nSPS) is 14.2. The van der Waals surface area contributed by atoms with Crippen molar-refractivity contribution in [3.8, 4) is 0 Å². The molecule has 0 aliphatic rings. The van der Waals surface area contributed by atoms with Gasteiger partial charge in [0, 0.05) is 0 Å². The number of unbranched alkanes of at least 4 members (excludes halogenated alkanes) is 2. The molecule has 116 valence electrons. The van der Waals surface area contributed by atoms with E-state index >= 15 is 0 Å². The van der Waals surface area contributed by atoms with Crippen molar-refractivity contribution in [3.63, 3.8) is 0 Å². The molecule has 0 aliphatic heterocycles. The van der Waals surface area contributed by atoms with Gasteiger partial charge in [-0.25, -0.2) is 0 Å². The van der Waals surface area contributed by atoms with Gasteiger partial charge in [0.05, 0.1) is 18.4 Å². The third-order valence-corrected chi connectivity index (χ3v) is 2.79. The van der Waals surface area contributed by atoms with Gasteiger partial charge < -0.3 is 14.9 Å². The van der Waals surface area contributed by atoms with Crippen LogP contribution in [0, 0.1) is 5.92 Å². The van der Waals surface area contributed by atoms with Gasteiger partial charge in [-0.1, -0.05) is 25.5 Å². The van der Waals surface area contributed by atoms with Crippen LogP contribution in [0.2, 0.25) is 0 Å². The molecule has 2 atom stereocenters. The SMILES string of the molecule is CCC/C=C/CCCC(CC(=O)OCC(C)O)C(=O)O. The third kappa shape index (κ3) is 10.6. The maximum atomic E-state index is 11.4. The average molecular weight is 286 g/mol. The highest BCUT2D eigenvalue weighted by molar-refractivity contribution is 5.78. The largest absolute Gasteiger partial charge is 0.481 e. The van der Waals surface area contributed by atoms with E-state index in [1.165, 1.54) is 6.92 Å². The standard InChI is InChI=1S/C15H26O5/c1-3-4-5-6-7-8-9-13(15(18)19)10-14(17)20-11-12(2)16/h5-6,12-13,16H,3-4,7-11H2,1-2H3,(H,18,19)/b6-5+. The second-order valence-electron chi connectivity index (χ2n) is 4.96. The van der Waals surface area contributed by atoms with Crippen molar-refractivity contribution in [3.05, 3.63) is 12.2 Å². The summed E-state index contributed by atoms with van der Waals surface area (Å²) in [6, 6.07) is 0. The zero-order valence-electron chi connectivity index (χ0n) is 12.4. The Morgan fingerprint density at radius 1 is 1.25 bits per heavy atom. The van der Waals surface area contributed by atoms with Crippen LogP contribution in [-0.4, -0.2) is 34.9 Å².